The van der Waals surface area contributed by atoms with Crippen molar-refractivity contribution in [3.05, 3.63) is 35.4 Å². The number of nitrogens with zero attached hydrogens (tertiary/aromatic N) is 1. The van der Waals surface area contributed by atoms with Gasteiger partial charge in [0.15, 0.2) is 17.1 Å². The Morgan fingerprint density at radius 2 is 2.00 bits per heavy atom. The molecule has 21 heavy (non-hydrogen) atoms. The second kappa shape index (κ2) is 4.56. The Bertz CT molecular complexity index is 805. The van der Waals surface area contributed by atoms with Crippen LogP contribution in [0.1, 0.15) is 0 Å². The number of ether oxygens (including phenoxy) is 2. The first-order chi connectivity index (χ1) is 10.2. The molecule has 1 aromatic heterocycles. The first-order valence-corrected chi connectivity index (χ1v) is 6.85. The lowest BCUT2D eigenvalue weighted by atomic mass is 10.1. The molecular weight excluding hydrogens is 292 g/mol. The summed E-state index contributed by atoms with van der Waals surface area (Å²) in [4.78, 5) is 4.45. The summed E-state index contributed by atoms with van der Waals surface area (Å²) in [6.45, 7) is 1.04. The van der Waals surface area contributed by atoms with Crippen LogP contribution in [0.25, 0.3) is 22.6 Å². The van der Waals surface area contributed by atoms with Gasteiger partial charge < -0.3 is 19.6 Å². The van der Waals surface area contributed by atoms with Crippen LogP contribution in [0.3, 0.4) is 0 Å². The van der Waals surface area contributed by atoms with E-state index in [4.69, 9.17) is 31.2 Å². The van der Waals surface area contributed by atoms with E-state index in [1.807, 2.05) is 18.2 Å². The number of benzene rings is 2. The smallest absolute Gasteiger partial charge is 0.231 e. The van der Waals surface area contributed by atoms with Gasteiger partial charge in [0.1, 0.15) is 18.7 Å². The highest BCUT2D eigenvalue weighted by Crippen LogP contribution is 2.40. The molecule has 0 saturated heterocycles. The number of oxazole rings is 1. The van der Waals surface area contributed by atoms with Gasteiger partial charge in [-0.05, 0) is 18.2 Å². The Labute approximate surface area is 125 Å². The number of hydrogen-bond acceptors (Lipinski definition) is 5. The highest BCUT2D eigenvalue weighted by atomic mass is 35.5. The zero-order chi connectivity index (χ0) is 14.4. The van der Waals surface area contributed by atoms with Gasteiger partial charge in [0.05, 0.1) is 16.3 Å². The average Bonchev–Trinajstić information content (AvgIpc) is 2.90. The number of rotatable bonds is 1. The predicted molar refractivity (Wildman–Crippen MR) is 79.9 cm³/mol. The molecule has 0 unspecified atom stereocenters. The molecule has 0 fully saturated rings. The topological polar surface area (TPSA) is 70.5 Å². The SMILES string of the molecule is Nc1cc2oc(-c3cccc4c3OCCO4)nc2cc1Cl. The molecule has 1 aliphatic rings. The van der Waals surface area contributed by atoms with Crippen LogP contribution in [-0.2, 0) is 0 Å². The van der Waals surface area contributed by atoms with Gasteiger partial charge in [-0.3, -0.25) is 0 Å². The summed E-state index contributed by atoms with van der Waals surface area (Å²) < 4.78 is 17.0. The van der Waals surface area contributed by atoms with Crippen molar-refractivity contribution in [3.8, 4) is 23.0 Å². The van der Waals surface area contributed by atoms with Crippen LogP contribution in [0.4, 0.5) is 5.69 Å². The molecule has 106 valence electrons. The molecule has 5 nitrogen and oxygen atoms in total. The maximum absolute atomic E-state index is 6.01. The maximum Gasteiger partial charge on any atom is 0.231 e. The van der Waals surface area contributed by atoms with E-state index < -0.39 is 0 Å². The zero-order valence-electron chi connectivity index (χ0n) is 10.9. The first-order valence-electron chi connectivity index (χ1n) is 6.47. The number of nitrogens with two attached hydrogens (primary N) is 1. The van der Waals surface area contributed by atoms with Gasteiger partial charge in [0.25, 0.3) is 0 Å². The molecule has 2 aromatic carbocycles. The summed E-state index contributed by atoms with van der Waals surface area (Å²) in [5.41, 5.74) is 8.22. The number of hydrogen-bond donors (Lipinski definition) is 1. The third-order valence-corrected chi connectivity index (χ3v) is 3.63. The average molecular weight is 303 g/mol. The van der Waals surface area contributed by atoms with Crippen molar-refractivity contribution in [3.63, 3.8) is 0 Å². The fourth-order valence-electron chi connectivity index (χ4n) is 2.32. The number of nitrogen functional groups attached to an aromatic ring is 1. The van der Waals surface area contributed by atoms with Crippen LogP contribution >= 0.6 is 11.6 Å². The van der Waals surface area contributed by atoms with Crippen molar-refractivity contribution >= 4 is 28.4 Å². The Kier molecular flexibility index (Phi) is 2.68. The summed E-state index contributed by atoms with van der Waals surface area (Å²) >= 11 is 6.01. The van der Waals surface area contributed by atoms with Crippen molar-refractivity contribution in [2.75, 3.05) is 18.9 Å². The molecule has 0 bridgehead atoms. The standard InChI is InChI=1S/C15H11ClN2O3/c16-9-6-11-13(7-10(9)17)21-15(18-11)8-2-1-3-12-14(8)20-5-4-19-12/h1-3,6-7H,4-5,17H2. The van der Waals surface area contributed by atoms with E-state index in [0.717, 1.165) is 5.56 Å². The third-order valence-electron chi connectivity index (χ3n) is 3.30. The van der Waals surface area contributed by atoms with E-state index >= 15 is 0 Å². The lowest BCUT2D eigenvalue weighted by molar-refractivity contribution is 0.172. The fourth-order valence-corrected chi connectivity index (χ4v) is 2.48. The molecule has 0 atom stereocenters. The number of anilines is 1. The predicted octanol–water partition coefficient (Wildman–Crippen LogP) is 3.50. The normalized spacial score (nSPS) is 13.6. The molecule has 3 aromatic rings. The van der Waals surface area contributed by atoms with Gasteiger partial charge >= 0.3 is 0 Å². The van der Waals surface area contributed by atoms with Crippen LogP contribution < -0.4 is 15.2 Å². The molecule has 0 spiro atoms. The van der Waals surface area contributed by atoms with E-state index in [1.54, 1.807) is 12.1 Å². The van der Waals surface area contributed by atoms with Gasteiger partial charge in [0, 0.05) is 6.07 Å². The molecule has 0 amide bonds. The summed E-state index contributed by atoms with van der Waals surface area (Å²) in [5, 5.41) is 0.456. The zero-order valence-corrected chi connectivity index (χ0v) is 11.7. The second-order valence-corrected chi connectivity index (χ2v) is 5.10. The first kappa shape index (κ1) is 12.3. The van der Waals surface area contributed by atoms with E-state index in [0.29, 0.717) is 52.4 Å². The van der Waals surface area contributed by atoms with E-state index in [-0.39, 0.29) is 0 Å². The van der Waals surface area contributed by atoms with Crippen LogP contribution in [0.15, 0.2) is 34.7 Å². The number of halogens is 1. The minimum Gasteiger partial charge on any atom is -0.486 e. The molecule has 6 heteroatoms. The molecule has 0 aliphatic carbocycles. The Morgan fingerprint density at radius 3 is 2.90 bits per heavy atom. The minimum atomic E-state index is 0.453. The Balaban J connectivity index is 1.91. The molecule has 4 rings (SSSR count). The van der Waals surface area contributed by atoms with Crippen molar-refractivity contribution in [1.29, 1.82) is 0 Å². The van der Waals surface area contributed by atoms with Gasteiger partial charge in [-0.2, -0.15) is 0 Å². The number of para-hydroxylation sites is 1. The third kappa shape index (κ3) is 1.97. The summed E-state index contributed by atoms with van der Waals surface area (Å²) in [5.74, 6) is 1.79. The summed E-state index contributed by atoms with van der Waals surface area (Å²) in [6, 6.07) is 8.96. The quantitative estimate of drug-likeness (QED) is 0.697. The van der Waals surface area contributed by atoms with Crippen molar-refractivity contribution in [2.24, 2.45) is 0 Å². The Hall–Kier alpha value is -2.40. The van der Waals surface area contributed by atoms with Gasteiger partial charge in [0.2, 0.25) is 5.89 Å². The van der Waals surface area contributed by atoms with Crippen LogP contribution in [-0.4, -0.2) is 18.2 Å². The highest BCUT2D eigenvalue weighted by Gasteiger charge is 2.20. The van der Waals surface area contributed by atoms with Gasteiger partial charge in [-0.25, -0.2) is 4.98 Å². The van der Waals surface area contributed by atoms with Crippen molar-refractivity contribution in [1.82, 2.24) is 4.98 Å². The summed E-state index contributed by atoms with van der Waals surface area (Å²) in [7, 11) is 0. The van der Waals surface area contributed by atoms with Crippen LogP contribution in [0.5, 0.6) is 11.5 Å². The van der Waals surface area contributed by atoms with Crippen molar-refractivity contribution in [2.45, 2.75) is 0 Å². The lowest BCUT2D eigenvalue weighted by Crippen LogP contribution is -2.15. The molecule has 2 heterocycles. The maximum atomic E-state index is 6.01. The number of aromatic nitrogens is 1. The summed E-state index contributed by atoms with van der Waals surface area (Å²) in [6.07, 6.45) is 0. The number of fused-ring (bicyclic) bond motifs is 2. The lowest BCUT2D eigenvalue weighted by Gasteiger charge is -2.19. The van der Waals surface area contributed by atoms with Gasteiger partial charge in [-0.15, -0.1) is 0 Å². The molecule has 2 N–H and O–H groups in total. The van der Waals surface area contributed by atoms with Gasteiger partial charge in [-0.1, -0.05) is 17.7 Å². The molecule has 0 saturated carbocycles. The molecule has 0 radical (unpaired) electrons. The highest BCUT2D eigenvalue weighted by molar-refractivity contribution is 6.33. The van der Waals surface area contributed by atoms with Crippen molar-refractivity contribution < 1.29 is 13.9 Å². The van der Waals surface area contributed by atoms with Crippen LogP contribution in [0.2, 0.25) is 5.02 Å². The molecular formula is C15H11ClN2O3. The van der Waals surface area contributed by atoms with E-state index in [9.17, 15) is 0 Å². The fraction of sp³-hybridized carbons (Fsp3) is 0.133. The molecule has 1 aliphatic heterocycles. The minimum absolute atomic E-state index is 0.453. The monoisotopic (exact) mass is 302 g/mol. The van der Waals surface area contributed by atoms with E-state index in [2.05, 4.69) is 4.98 Å². The van der Waals surface area contributed by atoms with Crippen LogP contribution in [0, 0.1) is 0 Å². The second-order valence-electron chi connectivity index (χ2n) is 4.69. The largest absolute Gasteiger partial charge is 0.486 e. The van der Waals surface area contributed by atoms with E-state index in [1.165, 1.54) is 0 Å². The Morgan fingerprint density at radius 1 is 1.14 bits per heavy atom.